The van der Waals surface area contributed by atoms with E-state index < -0.39 is 0 Å². The maximum atomic E-state index is 3.82. The molecule has 0 fully saturated rings. The lowest BCUT2D eigenvalue weighted by Gasteiger charge is -2.19. The summed E-state index contributed by atoms with van der Waals surface area (Å²) in [5.74, 6) is 0. The molecule has 0 aromatic rings. The Morgan fingerprint density at radius 3 is 2.40 bits per heavy atom. The van der Waals surface area contributed by atoms with Crippen LogP contribution in [0, 0.1) is 6.92 Å². The van der Waals surface area contributed by atoms with Crippen molar-refractivity contribution in [3.63, 3.8) is 0 Å². The Morgan fingerprint density at radius 1 is 1.30 bits per heavy atom. The molecule has 0 rings (SSSR count). The summed E-state index contributed by atoms with van der Waals surface area (Å²) in [6.07, 6.45) is 2.37. The molecule has 0 aromatic carbocycles. The molecule has 1 N–H and O–H groups in total. The molecule has 0 saturated carbocycles. The standard InChI is InChI=1S/C8H19N2/c1-4-7-9-10(6-3)8-5-2/h9H,3-8H2,1-2H3. The largest absolute Gasteiger partial charge is 0.255 e. The molecule has 0 bridgehead atoms. The van der Waals surface area contributed by atoms with E-state index in [4.69, 9.17) is 0 Å². The zero-order valence-corrected chi connectivity index (χ0v) is 7.19. The first-order valence-corrected chi connectivity index (χ1v) is 4.12. The van der Waals surface area contributed by atoms with Crippen molar-refractivity contribution in [3.8, 4) is 0 Å². The fourth-order valence-corrected chi connectivity index (χ4v) is 0.810. The van der Waals surface area contributed by atoms with Crippen LogP contribution in [0.1, 0.15) is 26.7 Å². The quantitative estimate of drug-likeness (QED) is 0.566. The van der Waals surface area contributed by atoms with Crippen LogP contribution in [0.4, 0.5) is 0 Å². The van der Waals surface area contributed by atoms with E-state index >= 15 is 0 Å². The second kappa shape index (κ2) is 7.03. The van der Waals surface area contributed by atoms with Crippen molar-refractivity contribution >= 4 is 0 Å². The molecule has 0 atom stereocenters. The van der Waals surface area contributed by atoms with Crippen molar-refractivity contribution < 1.29 is 0 Å². The van der Waals surface area contributed by atoms with Gasteiger partial charge in [0, 0.05) is 19.6 Å². The number of hydrogen-bond donors (Lipinski definition) is 1. The molecule has 0 amide bonds. The predicted octanol–water partition coefficient (Wildman–Crippen LogP) is 1.45. The summed E-state index contributed by atoms with van der Waals surface area (Å²) in [6, 6.07) is 0. The van der Waals surface area contributed by atoms with E-state index in [0.29, 0.717) is 0 Å². The molecule has 2 heteroatoms. The van der Waals surface area contributed by atoms with Crippen molar-refractivity contribution in [1.82, 2.24) is 10.4 Å². The average Bonchev–Trinajstić information content (AvgIpc) is 1.98. The minimum Gasteiger partial charge on any atom is -0.255 e. The van der Waals surface area contributed by atoms with Crippen LogP contribution >= 0.6 is 0 Å². The summed E-state index contributed by atoms with van der Waals surface area (Å²) >= 11 is 0. The number of nitrogens with zero attached hydrogens (tertiary/aromatic N) is 1. The average molecular weight is 143 g/mol. The van der Waals surface area contributed by atoms with Crippen molar-refractivity contribution in [2.45, 2.75) is 26.7 Å². The Labute approximate surface area is 64.6 Å². The normalized spacial score (nSPS) is 10.8. The van der Waals surface area contributed by atoms with Crippen LogP contribution in [0.2, 0.25) is 0 Å². The molecule has 0 spiro atoms. The first-order valence-electron chi connectivity index (χ1n) is 4.12. The van der Waals surface area contributed by atoms with Gasteiger partial charge in [-0.1, -0.05) is 13.8 Å². The molecule has 0 aromatic heterocycles. The summed E-state index contributed by atoms with van der Waals surface area (Å²) in [5.41, 5.74) is 3.29. The van der Waals surface area contributed by atoms with Crippen molar-refractivity contribution in [1.29, 1.82) is 0 Å². The molecule has 10 heavy (non-hydrogen) atoms. The van der Waals surface area contributed by atoms with E-state index in [-0.39, 0.29) is 0 Å². The number of rotatable bonds is 6. The molecule has 0 saturated heterocycles. The minimum absolute atomic E-state index is 0.855. The summed E-state index contributed by atoms with van der Waals surface area (Å²) in [6.45, 7) is 11.2. The molecule has 1 radical (unpaired) electrons. The smallest absolute Gasteiger partial charge is 0.0131 e. The van der Waals surface area contributed by atoms with Gasteiger partial charge in [-0.05, 0) is 19.8 Å². The monoisotopic (exact) mass is 143 g/mol. The third-order valence-electron chi connectivity index (χ3n) is 1.35. The second-order valence-electron chi connectivity index (χ2n) is 2.40. The highest BCUT2D eigenvalue weighted by Gasteiger charge is 1.95. The zero-order chi connectivity index (χ0) is 7.82. The van der Waals surface area contributed by atoms with Crippen molar-refractivity contribution in [2.75, 3.05) is 19.6 Å². The third kappa shape index (κ3) is 4.77. The molecule has 0 aliphatic carbocycles. The highest BCUT2D eigenvalue weighted by molar-refractivity contribution is 4.51. The fraction of sp³-hybridized carbons (Fsp3) is 0.875. The van der Waals surface area contributed by atoms with Crippen LogP contribution in [-0.4, -0.2) is 24.6 Å². The topological polar surface area (TPSA) is 15.3 Å². The molecular weight excluding hydrogens is 124 g/mol. The van der Waals surface area contributed by atoms with Gasteiger partial charge in [0.25, 0.3) is 0 Å². The summed E-state index contributed by atoms with van der Waals surface area (Å²) in [5, 5.41) is 2.16. The Morgan fingerprint density at radius 2 is 2.00 bits per heavy atom. The summed E-state index contributed by atoms with van der Waals surface area (Å²) in [4.78, 5) is 0. The van der Waals surface area contributed by atoms with Crippen LogP contribution in [0.15, 0.2) is 0 Å². The molecular formula is C8H19N2. The Balaban J connectivity index is 3.21. The van der Waals surface area contributed by atoms with E-state index in [1.807, 2.05) is 0 Å². The van der Waals surface area contributed by atoms with Gasteiger partial charge in [0.1, 0.15) is 0 Å². The van der Waals surface area contributed by atoms with Gasteiger partial charge >= 0.3 is 0 Å². The highest BCUT2D eigenvalue weighted by atomic mass is 15.5. The maximum Gasteiger partial charge on any atom is 0.0131 e. The highest BCUT2D eigenvalue weighted by Crippen LogP contribution is 1.84. The van der Waals surface area contributed by atoms with Gasteiger partial charge in [-0.25, -0.2) is 5.01 Å². The molecule has 0 heterocycles. The minimum atomic E-state index is 0.855. The Bertz CT molecular complexity index is 64.3. The summed E-state index contributed by atoms with van der Waals surface area (Å²) in [7, 11) is 0. The molecule has 61 valence electrons. The molecule has 0 aliphatic rings. The van der Waals surface area contributed by atoms with Gasteiger partial charge in [-0.15, -0.1) is 0 Å². The van der Waals surface area contributed by atoms with Gasteiger partial charge in [0.15, 0.2) is 0 Å². The van der Waals surface area contributed by atoms with E-state index in [1.54, 1.807) is 0 Å². The maximum absolute atomic E-state index is 3.82. The van der Waals surface area contributed by atoms with Gasteiger partial charge in [0.2, 0.25) is 0 Å². The van der Waals surface area contributed by atoms with Crippen molar-refractivity contribution in [3.05, 3.63) is 6.92 Å². The summed E-state index contributed by atoms with van der Waals surface area (Å²) < 4.78 is 0. The van der Waals surface area contributed by atoms with Gasteiger partial charge in [-0.2, -0.15) is 0 Å². The van der Waals surface area contributed by atoms with Gasteiger partial charge in [-0.3, -0.25) is 5.43 Å². The lowest BCUT2D eigenvalue weighted by Crippen LogP contribution is -2.38. The van der Waals surface area contributed by atoms with Gasteiger partial charge in [0.05, 0.1) is 0 Å². The number of hydrogen-bond acceptors (Lipinski definition) is 2. The Kier molecular flexibility index (Phi) is 6.98. The van der Waals surface area contributed by atoms with Crippen LogP contribution in [0.3, 0.4) is 0 Å². The second-order valence-corrected chi connectivity index (χ2v) is 2.40. The lowest BCUT2D eigenvalue weighted by molar-refractivity contribution is 0.209. The van der Waals surface area contributed by atoms with E-state index in [1.165, 1.54) is 12.8 Å². The zero-order valence-electron chi connectivity index (χ0n) is 7.19. The molecule has 2 nitrogen and oxygen atoms in total. The third-order valence-corrected chi connectivity index (χ3v) is 1.35. The van der Waals surface area contributed by atoms with Crippen LogP contribution in [0.25, 0.3) is 0 Å². The molecule has 0 unspecified atom stereocenters. The Hall–Kier alpha value is -0.0800. The first-order chi connectivity index (χ1) is 4.85. The van der Waals surface area contributed by atoms with Crippen LogP contribution in [0.5, 0.6) is 0 Å². The van der Waals surface area contributed by atoms with Crippen molar-refractivity contribution in [2.24, 2.45) is 0 Å². The number of hydrazine groups is 1. The predicted molar refractivity (Wildman–Crippen MR) is 45.5 cm³/mol. The molecule has 0 aliphatic heterocycles. The lowest BCUT2D eigenvalue weighted by atomic mass is 10.4. The van der Waals surface area contributed by atoms with Gasteiger partial charge < -0.3 is 0 Å². The number of nitrogens with one attached hydrogen (secondary N) is 1. The fourth-order valence-electron chi connectivity index (χ4n) is 0.810. The van der Waals surface area contributed by atoms with Crippen LogP contribution < -0.4 is 5.43 Å². The van der Waals surface area contributed by atoms with E-state index in [2.05, 4.69) is 31.2 Å². The van der Waals surface area contributed by atoms with Crippen LogP contribution in [-0.2, 0) is 0 Å². The van der Waals surface area contributed by atoms with E-state index in [0.717, 1.165) is 19.6 Å². The van der Waals surface area contributed by atoms with E-state index in [9.17, 15) is 0 Å². The SMILES string of the molecule is [CH2]CN(CCC)NCCC. The first kappa shape index (κ1) is 9.92.